The molecule has 1 amide bonds. The molecule has 0 fully saturated rings. The number of rotatable bonds is 5. The second-order valence-electron chi connectivity index (χ2n) is 5.64. The molecule has 5 heteroatoms. The molecule has 0 radical (unpaired) electrons. The van der Waals surface area contributed by atoms with Crippen LogP contribution < -0.4 is 5.43 Å². The minimum absolute atomic E-state index is 0.171. The summed E-state index contributed by atoms with van der Waals surface area (Å²) in [6.07, 6.45) is 1.78. The van der Waals surface area contributed by atoms with Crippen LogP contribution in [0.3, 0.4) is 0 Å². The predicted molar refractivity (Wildman–Crippen MR) is 102 cm³/mol. The zero-order valence-electron chi connectivity index (χ0n) is 13.7. The molecule has 3 aromatic rings. The molecule has 2 aromatic carbocycles. The number of hydrazone groups is 1. The molecule has 0 bridgehead atoms. The topological polar surface area (TPSA) is 54.6 Å². The first-order chi connectivity index (χ1) is 12.1. The highest BCUT2D eigenvalue weighted by atomic mass is 79.9. The number of carbonyl (C=O) groups is 1. The molecule has 1 N–H and O–H groups in total. The largest absolute Gasteiger partial charge is 0.455 e. The molecule has 1 heterocycles. The normalized spacial score (nSPS) is 11.0. The van der Waals surface area contributed by atoms with Crippen molar-refractivity contribution in [1.82, 2.24) is 5.43 Å². The van der Waals surface area contributed by atoms with Crippen LogP contribution in [-0.2, 0) is 11.2 Å². The number of amides is 1. The average molecular weight is 397 g/mol. The summed E-state index contributed by atoms with van der Waals surface area (Å²) in [6.45, 7) is 2.03. The first kappa shape index (κ1) is 17.2. The lowest BCUT2D eigenvalue weighted by molar-refractivity contribution is -0.120. The van der Waals surface area contributed by atoms with E-state index in [-0.39, 0.29) is 12.3 Å². The molecule has 1 aromatic heterocycles. The van der Waals surface area contributed by atoms with Crippen LogP contribution >= 0.6 is 15.9 Å². The van der Waals surface area contributed by atoms with Crippen molar-refractivity contribution >= 4 is 28.1 Å². The van der Waals surface area contributed by atoms with E-state index in [2.05, 4.69) is 26.5 Å². The van der Waals surface area contributed by atoms with Crippen molar-refractivity contribution in [3.05, 3.63) is 82.0 Å². The number of furan rings is 1. The van der Waals surface area contributed by atoms with Crippen molar-refractivity contribution in [1.29, 1.82) is 0 Å². The Balaban J connectivity index is 1.61. The summed E-state index contributed by atoms with van der Waals surface area (Å²) in [6, 6.07) is 19.3. The van der Waals surface area contributed by atoms with Crippen LogP contribution in [0.2, 0.25) is 0 Å². The highest BCUT2D eigenvalue weighted by Gasteiger charge is 2.08. The van der Waals surface area contributed by atoms with E-state index < -0.39 is 0 Å². The molecule has 126 valence electrons. The number of nitrogens with one attached hydrogen (secondary N) is 1. The van der Waals surface area contributed by atoms with Gasteiger partial charge in [0, 0.05) is 10.0 Å². The van der Waals surface area contributed by atoms with Gasteiger partial charge < -0.3 is 4.42 Å². The van der Waals surface area contributed by atoms with Crippen LogP contribution in [0.25, 0.3) is 11.3 Å². The number of nitrogens with zero attached hydrogens (tertiary/aromatic N) is 1. The SMILES string of the molecule is Cc1ccc(-c2ccc(/C=N\NC(=O)Cc3ccccc3)o2)c(Br)c1. The van der Waals surface area contributed by atoms with Gasteiger partial charge in [0.2, 0.25) is 5.91 Å². The van der Waals surface area contributed by atoms with Crippen LogP contribution in [0.4, 0.5) is 0 Å². The van der Waals surface area contributed by atoms with Crippen molar-refractivity contribution in [2.75, 3.05) is 0 Å². The zero-order valence-corrected chi connectivity index (χ0v) is 15.3. The number of halogens is 1. The van der Waals surface area contributed by atoms with Gasteiger partial charge in [0.25, 0.3) is 0 Å². The van der Waals surface area contributed by atoms with Crippen molar-refractivity contribution in [2.45, 2.75) is 13.3 Å². The zero-order chi connectivity index (χ0) is 17.6. The third-order valence-corrected chi connectivity index (χ3v) is 4.26. The second kappa shape index (κ2) is 7.94. The number of aryl methyl sites for hydroxylation is 1. The molecule has 0 atom stereocenters. The van der Waals surface area contributed by atoms with Gasteiger partial charge in [-0.25, -0.2) is 5.43 Å². The molecular weight excluding hydrogens is 380 g/mol. The van der Waals surface area contributed by atoms with Crippen molar-refractivity contribution in [2.24, 2.45) is 5.10 Å². The van der Waals surface area contributed by atoms with Crippen LogP contribution in [0.5, 0.6) is 0 Å². The van der Waals surface area contributed by atoms with E-state index in [1.165, 1.54) is 11.8 Å². The number of hydrogen-bond donors (Lipinski definition) is 1. The van der Waals surface area contributed by atoms with Crippen LogP contribution in [0.15, 0.2) is 74.7 Å². The van der Waals surface area contributed by atoms with Gasteiger partial charge >= 0.3 is 0 Å². The lowest BCUT2D eigenvalue weighted by atomic mass is 10.1. The van der Waals surface area contributed by atoms with Gasteiger partial charge in [0.15, 0.2) is 0 Å². The monoisotopic (exact) mass is 396 g/mol. The molecule has 0 spiro atoms. The Bertz CT molecular complexity index is 901. The van der Waals surface area contributed by atoms with Crippen LogP contribution in [-0.4, -0.2) is 12.1 Å². The predicted octanol–water partition coefficient (Wildman–Crippen LogP) is 4.71. The molecule has 3 rings (SSSR count). The van der Waals surface area contributed by atoms with Gasteiger partial charge in [0.05, 0.1) is 12.6 Å². The number of benzene rings is 2. The highest BCUT2D eigenvalue weighted by Crippen LogP contribution is 2.30. The summed E-state index contributed by atoms with van der Waals surface area (Å²) in [5.74, 6) is 1.14. The van der Waals surface area contributed by atoms with E-state index in [0.29, 0.717) is 5.76 Å². The molecule has 0 saturated heterocycles. The summed E-state index contributed by atoms with van der Waals surface area (Å²) >= 11 is 3.55. The summed E-state index contributed by atoms with van der Waals surface area (Å²) in [5.41, 5.74) is 5.60. The minimum atomic E-state index is -0.171. The minimum Gasteiger partial charge on any atom is -0.455 e. The smallest absolute Gasteiger partial charge is 0.244 e. The lowest BCUT2D eigenvalue weighted by Crippen LogP contribution is -2.19. The third kappa shape index (κ3) is 4.67. The van der Waals surface area contributed by atoms with Gasteiger partial charge in [-0.15, -0.1) is 0 Å². The fourth-order valence-electron chi connectivity index (χ4n) is 2.38. The molecule has 0 aliphatic heterocycles. The summed E-state index contributed by atoms with van der Waals surface area (Å²) in [4.78, 5) is 11.8. The van der Waals surface area contributed by atoms with Crippen molar-refractivity contribution in [3.8, 4) is 11.3 Å². The van der Waals surface area contributed by atoms with E-state index in [4.69, 9.17) is 4.42 Å². The molecular formula is C20H17BrN2O2. The van der Waals surface area contributed by atoms with Gasteiger partial charge in [-0.1, -0.05) is 52.3 Å². The van der Waals surface area contributed by atoms with E-state index in [1.807, 2.05) is 67.6 Å². The highest BCUT2D eigenvalue weighted by molar-refractivity contribution is 9.10. The Kier molecular flexibility index (Phi) is 5.46. The maximum absolute atomic E-state index is 11.8. The maximum Gasteiger partial charge on any atom is 0.244 e. The average Bonchev–Trinajstić information content (AvgIpc) is 3.04. The molecule has 0 aliphatic carbocycles. The van der Waals surface area contributed by atoms with E-state index >= 15 is 0 Å². The summed E-state index contributed by atoms with van der Waals surface area (Å²) < 4.78 is 6.73. The maximum atomic E-state index is 11.8. The van der Waals surface area contributed by atoms with E-state index in [1.54, 1.807) is 0 Å². The molecule has 25 heavy (non-hydrogen) atoms. The van der Waals surface area contributed by atoms with Crippen molar-refractivity contribution in [3.63, 3.8) is 0 Å². The molecule has 4 nitrogen and oxygen atoms in total. The molecule has 0 unspecified atom stereocenters. The first-order valence-corrected chi connectivity index (χ1v) is 8.63. The van der Waals surface area contributed by atoms with Crippen LogP contribution in [0, 0.1) is 6.92 Å². The Morgan fingerprint density at radius 3 is 2.72 bits per heavy atom. The molecule has 0 saturated carbocycles. The van der Waals surface area contributed by atoms with E-state index in [0.717, 1.165) is 21.4 Å². The Morgan fingerprint density at radius 1 is 1.16 bits per heavy atom. The fraction of sp³-hybridized carbons (Fsp3) is 0.100. The summed E-state index contributed by atoms with van der Waals surface area (Å²) in [7, 11) is 0. The van der Waals surface area contributed by atoms with Gasteiger partial charge in [0.1, 0.15) is 11.5 Å². The van der Waals surface area contributed by atoms with Crippen molar-refractivity contribution < 1.29 is 9.21 Å². The van der Waals surface area contributed by atoms with Gasteiger partial charge in [-0.3, -0.25) is 4.79 Å². The van der Waals surface area contributed by atoms with E-state index in [9.17, 15) is 4.79 Å². The quantitative estimate of drug-likeness (QED) is 0.501. The second-order valence-corrected chi connectivity index (χ2v) is 6.50. The Morgan fingerprint density at radius 2 is 1.96 bits per heavy atom. The van der Waals surface area contributed by atoms with Gasteiger partial charge in [-0.2, -0.15) is 5.10 Å². The Labute approximate surface area is 154 Å². The third-order valence-electron chi connectivity index (χ3n) is 3.61. The number of hydrogen-bond acceptors (Lipinski definition) is 3. The summed E-state index contributed by atoms with van der Waals surface area (Å²) in [5, 5.41) is 3.95. The lowest BCUT2D eigenvalue weighted by Gasteiger charge is -2.02. The van der Waals surface area contributed by atoms with Crippen LogP contribution in [0.1, 0.15) is 16.9 Å². The first-order valence-electron chi connectivity index (χ1n) is 7.84. The fourth-order valence-corrected chi connectivity index (χ4v) is 3.06. The van der Waals surface area contributed by atoms with Gasteiger partial charge in [-0.05, 0) is 42.3 Å². The molecule has 0 aliphatic rings. The standard InChI is InChI=1S/C20H17BrN2O2/c1-14-7-9-17(18(21)11-14)19-10-8-16(25-19)13-22-23-20(24)12-15-5-3-2-4-6-15/h2-11,13H,12H2,1H3,(H,23,24)/b22-13-. The Hall–Kier alpha value is -2.66. The number of carbonyl (C=O) groups excluding carboxylic acids is 1.